The topological polar surface area (TPSA) is 41.6 Å². The van der Waals surface area contributed by atoms with Crippen LogP contribution in [0.1, 0.15) is 51.3 Å². The molecule has 21 heavy (non-hydrogen) atoms. The van der Waals surface area contributed by atoms with Crippen molar-refractivity contribution in [2.24, 2.45) is 0 Å². The highest BCUT2D eigenvalue weighted by Gasteiger charge is 2.36. The van der Waals surface area contributed by atoms with Crippen LogP contribution in [0.3, 0.4) is 0 Å². The molecule has 1 aliphatic rings. The summed E-state index contributed by atoms with van der Waals surface area (Å²) in [6.07, 6.45) is 4.65. The number of rotatable bonds is 7. The van der Waals surface area contributed by atoms with E-state index in [4.69, 9.17) is 4.74 Å². The minimum atomic E-state index is -0.118. The van der Waals surface area contributed by atoms with Gasteiger partial charge in [-0.05, 0) is 31.0 Å². The molecular formula is C17H26N2O2. The standard InChI is InChI=1S/C17H26N2O2/c1-4-5-6-7-11-19-16(18-13(2)17(19)20)14-9-8-10-15(12-14)21-3/h8-10,12-13,16,18H,4-7,11H2,1-3H3. The van der Waals surface area contributed by atoms with E-state index < -0.39 is 0 Å². The lowest BCUT2D eigenvalue weighted by molar-refractivity contribution is -0.129. The summed E-state index contributed by atoms with van der Waals surface area (Å²) in [5.74, 6) is 1.02. The van der Waals surface area contributed by atoms with Crippen LogP contribution in [0.15, 0.2) is 24.3 Å². The molecule has 1 heterocycles. The zero-order valence-corrected chi connectivity index (χ0v) is 13.3. The number of carbonyl (C=O) groups is 1. The van der Waals surface area contributed by atoms with Crippen LogP contribution >= 0.6 is 0 Å². The van der Waals surface area contributed by atoms with Gasteiger partial charge < -0.3 is 9.64 Å². The highest BCUT2D eigenvalue weighted by molar-refractivity contribution is 5.84. The maximum Gasteiger partial charge on any atom is 0.241 e. The first-order chi connectivity index (χ1) is 10.2. The van der Waals surface area contributed by atoms with Gasteiger partial charge in [0.05, 0.1) is 13.2 Å². The first kappa shape index (κ1) is 15.8. The van der Waals surface area contributed by atoms with E-state index in [0.717, 1.165) is 24.3 Å². The van der Waals surface area contributed by atoms with Gasteiger partial charge in [-0.2, -0.15) is 0 Å². The fourth-order valence-corrected chi connectivity index (χ4v) is 2.81. The summed E-state index contributed by atoms with van der Waals surface area (Å²) in [4.78, 5) is 14.3. The molecule has 0 saturated carbocycles. The zero-order chi connectivity index (χ0) is 15.2. The van der Waals surface area contributed by atoms with E-state index >= 15 is 0 Å². The number of carbonyl (C=O) groups excluding carboxylic acids is 1. The van der Waals surface area contributed by atoms with Crippen LogP contribution < -0.4 is 10.1 Å². The van der Waals surface area contributed by atoms with Gasteiger partial charge in [-0.1, -0.05) is 38.3 Å². The quantitative estimate of drug-likeness (QED) is 0.785. The molecule has 0 bridgehead atoms. The number of methoxy groups -OCH3 is 1. The summed E-state index contributed by atoms with van der Waals surface area (Å²) in [6, 6.07) is 7.83. The number of amides is 1. The van der Waals surface area contributed by atoms with Crippen LogP contribution in [-0.4, -0.2) is 30.5 Å². The Morgan fingerprint density at radius 2 is 2.10 bits per heavy atom. The molecule has 1 amide bonds. The maximum atomic E-state index is 12.3. The Labute approximate surface area is 127 Å². The van der Waals surface area contributed by atoms with Crippen LogP contribution in [0.5, 0.6) is 5.75 Å². The van der Waals surface area contributed by atoms with Crippen molar-refractivity contribution in [1.29, 1.82) is 0 Å². The summed E-state index contributed by atoms with van der Waals surface area (Å²) in [7, 11) is 1.66. The van der Waals surface area contributed by atoms with E-state index in [1.165, 1.54) is 19.3 Å². The fourth-order valence-electron chi connectivity index (χ4n) is 2.81. The van der Waals surface area contributed by atoms with Crippen molar-refractivity contribution in [2.45, 2.75) is 51.7 Å². The highest BCUT2D eigenvalue weighted by atomic mass is 16.5. The average molecular weight is 290 g/mol. The predicted molar refractivity (Wildman–Crippen MR) is 84.2 cm³/mol. The van der Waals surface area contributed by atoms with Crippen LogP contribution in [0.2, 0.25) is 0 Å². The Morgan fingerprint density at radius 1 is 1.29 bits per heavy atom. The van der Waals surface area contributed by atoms with Gasteiger partial charge in [0.2, 0.25) is 5.91 Å². The van der Waals surface area contributed by atoms with Crippen LogP contribution in [0, 0.1) is 0 Å². The molecule has 2 rings (SSSR count). The Kier molecular flexibility index (Phi) is 5.62. The number of hydrogen-bond acceptors (Lipinski definition) is 3. The SMILES string of the molecule is CCCCCCN1C(=O)C(C)NC1c1cccc(OC)c1. The molecule has 0 radical (unpaired) electrons. The second-order valence-electron chi connectivity index (χ2n) is 5.66. The van der Waals surface area contributed by atoms with E-state index in [1.54, 1.807) is 7.11 Å². The molecule has 1 aliphatic heterocycles. The summed E-state index contributed by atoms with van der Waals surface area (Å²) in [5, 5.41) is 3.38. The molecule has 2 atom stereocenters. The molecule has 4 nitrogen and oxygen atoms in total. The van der Waals surface area contributed by atoms with Crippen molar-refractivity contribution in [1.82, 2.24) is 10.2 Å². The lowest BCUT2D eigenvalue weighted by Gasteiger charge is -2.25. The number of nitrogens with zero attached hydrogens (tertiary/aromatic N) is 1. The lowest BCUT2D eigenvalue weighted by atomic mass is 10.1. The van der Waals surface area contributed by atoms with Crippen LogP contribution in [0.4, 0.5) is 0 Å². The summed E-state index contributed by atoms with van der Waals surface area (Å²) in [6.45, 7) is 4.95. The fraction of sp³-hybridized carbons (Fsp3) is 0.588. The zero-order valence-electron chi connectivity index (χ0n) is 13.3. The number of ether oxygens (including phenoxy) is 1. The summed E-state index contributed by atoms with van der Waals surface area (Å²) < 4.78 is 5.29. The van der Waals surface area contributed by atoms with Crippen molar-refractivity contribution in [2.75, 3.05) is 13.7 Å². The third-order valence-corrected chi connectivity index (χ3v) is 4.04. The first-order valence-electron chi connectivity index (χ1n) is 7.88. The molecule has 1 aromatic carbocycles. The number of hydrogen-bond donors (Lipinski definition) is 1. The van der Waals surface area contributed by atoms with Gasteiger partial charge >= 0.3 is 0 Å². The number of nitrogens with one attached hydrogen (secondary N) is 1. The second-order valence-corrected chi connectivity index (χ2v) is 5.66. The van der Waals surface area contributed by atoms with E-state index in [-0.39, 0.29) is 18.1 Å². The van der Waals surface area contributed by atoms with E-state index in [0.29, 0.717) is 0 Å². The molecule has 116 valence electrons. The predicted octanol–water partition coefficient (Wildman–Crippen LogP) is 3.09. The van der Waals surface area contributed by atoms with Crippen molar-refractivity contribution < 1.29 is 9.53 Å². The van der Waals surface area contributed by atoms with Crippen molar-refractivity contribution in [3.05, 3.63) is 29.8 Å². The normalized spacial score (nSPS) is 21.9. The number of unbranched alkanes of at least 4 members (excludes halogenated alkanes) is 3. The smallest absolute Gasteiger partial charge is 0.241 e. The molecule has 0 aromatic heterocycles. The van der Waals surface area contributed by atoms with E-state index in [2.05, 4.69) is 12.2 Å². The second kappa shape index (κ2) is 7.46. The summed E-state index contributed by atoms with van der Waals surface area (Å²) in [5.41, 5.74) is 1.09. The Morgan fingerprint density at radius 3 is 2.81 bits per heavy atom. The van der Waals surface area contributed by atoms with Gasteiger partial charge in [0.1, 0.15) is 11.9 Å². The monoisotopic (exact) mass is 290 g/mol. The summed E-state index contributed by atoms with van der Waals surface area (Å²) >= 11 is 0. The minimum absolute atomic E-state index is 0.0378. The van der Waals surface area contributed by atoms with Crippen molar-refractivity contribution in [3.8, 4) is 5.75 Å². The largest absolute Gasteiger partial charge is 0.497 e. The van der Waals surface area contributed by atoms with Crippen molar-refractivity contribution >= 4 is 5.91 Å². The molecule has 1 N–H and O–H groups in total. The van der Waals surface area contributed by atoms with Crippen LogP contribution in [0.25, 0.3) is 0 Å². The van der Waals surface area contributed by atoms with Gasteiger partial charge in [-0.15, -0.1) is 0 Å². The Balaban J connectivity index is 2.09. The molecule has 0 spiro atoms. The van der Waals surface area contributed by atoms with Crippen molar-refractivity contribution in [3.63, 3.8) is 0 Å². The third kappa shape index (κ3) is 3.76. The molecule has 2 unspecified atom stereocenters. The average Bonchev–Trinajstić information content (AvgIpc) is 2.79. The molecule has 4 heteroatoms. The van der Waals surface area contributed by atoms with Gasteiger partial charge in [0, 0.05) is 6.54 Å². The molecule has 1 fully saturated rings. The lowest BCUT2D eigenvalue weighted by Crippen LogP contribution is -2.31. The molecule has 1 aromatic rings. The molecular weight excluding hydrogens is 264 g/mol. The van der Waals surface area contributed by atoms with Gasteiger partial charge in [-0.3, -0.25) is 10.1 Å². The molecule has 0 aliphatic carbocycles. The van der Waals surface area contributed by atoms with Crippen LogP contribution in [-0.2, 0) is 4.79 Å². The Bertz CT molecular complexity index is 476. The highest BCUT2D eigenvalue weighted by Crippen LogP contribution is 2.28. The molecule has 1 saturated heterocycles. The maximum absolute atomic E-state index is 12.3. The van der Waals surface area contributed by atoms with E-state index in [9.17, 15) is 4.79 Å². The first-order valence-corrected chi connectivity index (χ1v) is 7.88. The minimum Gasteiger partial charge on any atom is -0.497 e. The third-order valence-electron chi connectivity index (χ3n) is 4.04. The van der Waals surface area contributed by atoms with Gasteiger partial charge in [0.15, 0.2) is 0 Å². The Hall–Kier alpha value is -1.55. The van der Waals surface area contributed by atoms with Gasteiger partial charge in [-0.25, -0.2) is 0 Å². The number of benzene rings is 1. The van der Waals surface area contributed by atoms with E-state index in [1.807, 2.05) is 36.1 Å². The van der Waals surface area contributed by atoms with Gasteiger partial charge in [0.25, 0.3) is 0 Å².